The Kier molecular flexibility index (Phi) is 2.84. The smallest absolute Gasteiger partial charge is 0.245 e. The van der Waals surface area contributed by atoms with Crippen molar-refractivity contribution in [1.82, 2.24) is 10.2 Å². The fraction of sp³-hybridized carbons (Fsp3) is 0.588. The van der Waals surface area contributed by atoms with Crippen LogP contribution in [0.2, 0.25) is 0 Å². The van der Waals surface area contributed by atoms with Gasteiger partial charge in [0.1, 0.15) is 6.04 Å². The summed E-state index contributed by atoms with van der Waals surface area (Å²) in [6.45, 7) is 2.13. The maximum atomic E-state index is 12.8. The van der Waals surface area contributed by atoms with Crippen LogP contribution in [0.1, 0.15) is 44.2 Å². The molecule has 1 heterocycles. The van der Waals surface area contributed by atoms with Gasteiger partial charge < -0.3 is 4.90 Å². The average molecular weight is 270 g/mol. The molecule has 0 radical (unpaired) electrons. The fourth-order valence-electron chi connectivity index (χ4n) is 4.62. The zero-order valence-corrected chi connectivity index (χ0v) is 12.0. The van der Waals surface area contributed by atoms with Crippen LogP contribution in [0.15, 0.2) is 30.3 Å². The molecular formula is C17H22N2O. The lowest BCUT2D eigenvalue weighted by molar-refractivity contribution is -0.133. The number of nitrogens with one attached hydrogen (secondary N) is 1. The summed E-state index contributed by atoms with van der Waals surface area (Å²) in [5.74, 6) is 1.91. The molecule has 2 aliphatic carbocycles. The Morgan fingerprint density at radius 3 is 2.60 bits per heavy atom. The first kappa shape index (κ1) is 12.4. The zero-order chi connectivity index (χ0) is 13.7. The lowest BCUT2D eigenvalue weighted by Gasteiger charge is -2.34. The second-order valence-corrected chi connectivity index (χ2v) is 6.67. The third-order valence-corrected chi connectivity index (χ3v) is 5.52. The van der Waals surface area contributed by atoms with Crippen molar-refractivity contribution >= 4 is 5.91 Å². The quantitative estimate of drug-likeness (QED) is 0.896. The first-order valence-corrected chi connectivity index (χ1v) is 7.87. The van der Waals surface area contributed by atoms with Crippen LogP contribution in [-0.2, 0) is 4.79 Å². The number of amides is 1. The predicted octanol–water partition coefficient (Wildman–Crippen LogP) is 2.69. The van der Waals surface area contributed by atoms with Gasteiger partial charge in [0.2, 0.25) is 5.91 Å². The van der Waals surface area contributed by atoms with Gasteiger partial charge >= 0.3 is 0 Å². The molecule has 2 bridgehead atoms. The van der Waals surface area contributed by atoms with E-state index in [-0.39, 0.29) is 18.1 Å². The van der Waals surface area contributed by atoms with Gasteiger partial charge in [0.15, 0.2) is 0 Å². The molecule has 106 valence electrons. The van der Waals surface area contributed by atoms with Gasteiger partial charge in [-0.3, -0.25) is 10.1 Å². The Hall–Kier alpha value is -1.35. The molecule has 4 rings (SSSR count). The third kappa shape index (κ3) is 1.80. The van der Waals surface area contributed by atoms with E-state index in [2.05, 4.69) is 17.1 Å². The van der Waals surface area contributed by atoms with Gasteiger partial charge in [-0.25, -0.2) is 0 Å². The van der Waals surface area contributed by atoms with E-state index in [0.717, 1.165) is 17.4 Å². The molecule has 3 fully saturated rings. The topological polar surface area (TPSA) is 32.3 Å². The molecule has 1 saturated heterocycles. The Labute approximate surface area is 120 Å². The molecule has 1 amide bonds. The fourth-order valence-corrected chi connectivity index (χ4v) is 4.62. The van der Waals surface area contributed by atoms with Crippen molar-refractivity contribution < 1.29 is 4.79 Å². The van der Waals surface area contributed by atoms with Crippen LogP contribution in [-0.4, -0.2) is 23.0 Å². The molecule has 3 aliphatic rings. The van der Waals surface area contributed by atoms with Gasteiger partial charge in [0, 0.05) is 6.04 Å². The molecule has 3 nitrogen and oxygen atoms in total. The van der Waals surface area contributed by atoms with E-state index < -0.39 is 0 Å². The summed E-state index contributed by atoms with van der Waals surface area (Å²) in [6.07, 6.45) is 5.44. The lowest BCUT2D eigenvalue weighted by Crippen LogP contribution is -2.45. The monoisotopic (exact) mass is 270 g/mol. The molecule has 1 N–H and O–H groups in total. The van der Waals surface area contributed by atoms with E-state index in [0.29, 0.717) is 6.04 Å². The Balaban J connectivity index is 1.58. The summed E-state index contributed by atoms with van der Waals surface area (Å²) in [6, 6.07) is 10.5. The Morgan fingerprint density at radius 1 is 1.15 bits per heavy atom. The summed E-state index contributed by atoms with van der Waals surface area (Å²) in [5, 5.41) is 3.48. The van der Waals surface area contributed by atoms with Gasteiger partial charge in [-0.1, -0.05) is 36.8 Å². The van der Waals surface area contributed by atoms with Gasteiger partial charge in [-0.05, 0) is 43.6 Å². The first-order valence-electron chi connectivity index (χ1n) is 7.87. The summed E-state index contributed by atoms with van der Waals surface area (Å²) in [7, 11) is 0. The number of carbonyl (C=O) groups excluding carboxylic acids is 1. The SMILES string of the molecule is CC1NC(c2ccccc2)C(=O)N1C1CC2CCC1C2. The molecule has 20 heavy (non-hydrogen) atoms. The van der Waals surface area contributed by atoms with E-state index >= 15 is 0 Å². The predicted molar refractivity (Wildman–Crippen MR) is 77.9 cm³/mol. The molecule has 0 aromatic heterocycles. The molecule has 1 aliphatic heterocycles. The largest absolute Gasteiger partial charge is 0.323 e. The molecular weight excluding hydrogens is 248 g/mol. The molecule has 5 unspecified atom stereocenters. The summed E-state index contributed by atoms with van der Waals surface area (Å²) < 4.78 is 0. The van der Waals surface area contributed by atoms with Gasteiger partial charge in [-0.2, -0.15) is 0 Å². The third-order valence-electron chi connectivity index (χ3n) is 5.52. The molecule has 5 atom stereocenters. The molecule has 3 heteroatoms. The first-order chi connectivity index (χ1) is 9.74. The van der Waals surface area contributed by atoms with Crippen LogP contribution in [0.25, 0.3) is 0 Å². The molecule has 1 aromatic rings. The number of benzene rings is 1. The minimum Gasteiger partial charge on any atom is -0.323 e. The van der Waals surface area contributed by atoms with Gasteiger partial charge in [-0.15, -0.1) is 0 Å². The second kappa shape index (κ2) is 4.59. The van der Waals surface area contributed by atoms with Gasteiger partial charge in [0.25, 0.3) is 0 Å². The van der Waals surface area contributed by atoms with Crippen LogP contribution in [0.5, 0.6) is 0 Å². The molecule has 2 saturated carbocycles. The van der Waals surface area contributed by atoms with Crippen molar-refractivity contribution in [3.63, 3.8) is 0 Å². The highest BCUT2D eigenvalue weighted by Crippen LogP contribution is 2.48. The number of carbonyl (C=O) groups is 1. The number of hydrogen-bond acceptors (Lipinski definition) is 2. The van der Waals surface area contributed by atoms with Crippen molar-refractivity contribution in [2.75, 3.05) is 0 Å². The second-order valence-electron chi connectivity index (χ2n) is 6.67. The average Bonchev–Trinajstić information content (AvgIpc) is 3.14. The van der Waals surface area contributed by atoms with Crippen molar-refractivity contribution in [3.05, 3.63) is 35.9 Å². The normalized spacial score (nSPS) is 39.8. The van der Waals surface area contributed by atoms with E-state index in [4.69, 9.17) is 0 Å². The lowest BCUT2D eigenvalue weighted by atomic mass is 9.93. The highest BCUT2D eigenvalue weighted by Gasteiger charge is 2.49. The van der Waals surface area contributed by atoms with Crippen molar-refractivity contribution in [3.8, 4) is 0 Å². The molecule has 0 spiro atoms. The summed E-state index contributed by atoms with van der Waals surface area (Å²) >= 11 is 0. The van der Waals surface area contributed by atoms with Crippen molar-refractivity contribution in [1.29, 1.82) is 0 Å². The van der Waals surface area contributed by atoms with E-state index in [1.807, 2.05) is 30.3 Å². The van der Waals surface area contributed by atoms with Crippen molar-refractivity contribution in [2.45, 2.75) is 50.9 Å². The minimum atomic E-state index is -0.148. The Bertz CT molecular complexity index is 515. The number of rotatable bonds is 2. The number of hydrogen-bond donors (Lipinski definition) is 1. The van der Waals surface area contributed by atoms with Crippen LogP contribution in [0.3, 0.4) is 0 Å². The standard InChI is InChI=1S/C17H22N2O/c1-11-18-16(13-5-3-2-4-6-13)17(20)19(11)15-10-12-7-8-14(15)9-12/h2-6,11-12,14-16,18H,7-10H2,1H3. The maximum absolute atomic E-state index is 12.8. The minimum absolute atomic E-state index is 0.148. The highest BCUT2D eigenvalue weighted by molar-refractivity contribution is 5.86. The number of nitrogens with zero attached hydrogens (tertiary/aromatic N) is 1. The van der Waals surface area contributed by atoms with E-state index in [9.17, 15) is 4.79 Å². The highest BCUT2D eigenvalue weighted by atomic mass is 16.2. The summed E-state index contributed by atoms with van der Waals surface area (Å²) in [4.78, 5) is 15.0. The molecule has 1 aromatic carbocycles. The summed E-state index contributed by atoms with van der Waals surface area (Å²) in [5.41, 5.74) is 1.09. The Morgan fingerprint density at radius 2 is 1.95 bits per heavy atom. The van der Waals surface area contributed by atoms with Crippen LogP contribution >= 0.6 is 0 Å². The van der Waals surface area contributed by atoms with Crippen molar-refractivity contribution in [2.24, 2.45) is 11.8 Å². The van der Waals surface area contributed by atoms with Crippen LogP contribution in [0, 0.1) is 11.8 Å². The van der Waals surface area contributed by atoms with E-state index in [1.165, 1.54) is 25.7 Å². The number of fused-ring (bicyclic) bond motifs is 2. The van der Waals surface area contributed by atoms with Crippen LogP contribution in [0.4, 0.5) is 0 Å². The van der Waals surface area contributed by atoms with E-state index in [1.54, 1.807) is 0 Å². The maximum Gasteiger partial charge on any atom is 0.245 e. The van der Waals surface area contributed by atoms with Crippen LogP contribution < -0.4 is 5.32 Å². The zero-order valence-electron chi connectivity index (χ0n) is 12.0. The van der Waals surface area contributed by atoms with Gasteiger partial charge in [0.05, 0.1) is 6.17 Å².